The predicted molar refractivity (Wildman–Crippen MR) is 86.4 cm³/mol. The van der Waals surface area contributed by atoms with Gasteiger partial charge in [0, 0.05) is 16.1 Å². The standard InChI is InChI=1S/C15H29Cl3/c1-3-5-7-9-13(16)11-15(18)12-14(17)10-8-6-4-2/h13-15H,3-12H2,1-2H3. The van der Waals surface area contributed by atoms with Gasteiger partial charge in [-0.3, -0.25) is 0 Å². The summed E-state index contributed by atoms with van der Waals surface area (Å²) in [4.78, 5) is 0. The summed E-state index contributed by atoms with van der Waals surface area (Å²) in [6.45, 7) is 4.42. The lowest BCUT2D eigenvalue weighted by Gasteiger charge is -2.17. The van der Waals surface area contributed by atoms with Gasteiger partial charge in [-0.1, -0.05) is 52.4 Å². The molecule has 18 heavy (non-hydrogen) atoms. The molecule has 0 N–H and O–H groups in total. The third-order valence-corrected chi connectivity index (χ3v) is 4.41. The molecule has 0 bridgehead atoms. The summed E-state index contributed by atoms with van der Waals surface area (Å²) >= 11 is 18.9. The van der Waals surface area contributed by atoms with Crippen LogP contribution in [0, 0.1) is 0 Å². The molecule has 3 heteroatoms. The number of hydrogen-bond acceptors (Lipinski definition) is 0. The SMILES string of the molecule is CCCCCC(Cl)CC(Cl)CC(Cl)CCCCC. The first-order valence-corrected chi connectivity index (χ1v) is 8.83. The van der Waals surface area contributed by atoms with E-state index in [-0.39, 0.29) is 16.1 Å². The van der Waals surface area contributed by atoms with Crippen molar-refractivity contribution in [3.63, 3.8) is 0 Å². The van der Waals surface area contributed by atoms with Crippen LogP contribution in [0.25, 0.3) is 0 Å². The molecule has 0 aromatic carbocycles. The van der Waals surface area contributed by atoms with Gasteiger partial charge in [0.25, 0.3) is 0 Å². The predicted octanol–water partition coefficient (Wildman–Crippen LogP) is 6.75. The summed E-state index contributed by atoms with van der Waals surface area (Å²) in [6.07, 6.45) is 11.4. The third kappa shape index (κ3) is 11.9. The average molecular weight is 316 g/mol. The van der Waals surface area contributed by atoms with Crippen molar-refractivity contribution in [3.8, 4) is 0 Å². The molecule has 0 saturated heterocycles. The van der Waals surface area contributed by atoms with Crippen LogP contribution >= 0.6 is 34.8 Å². The minimum Gasteiger partial charge on any atom is -0.123 e. The zero-order chi connectivity index (χ0) is 13.8. The monoisotopic (exact) mass is 314 g/mol. The molecule has 0 aromatic rings. The largest absolute Gasteiger partial charge is 0.123 e. The second kappa shape index (κ2) is 12.9. The zero-order valence-corrected chi connectivity index (χ0v) is 14.2. The molecule has 2 atom stereocenters. The molecule has 0 amide bonds. The topological polar surface area (TPSA) is 0 Å². The van der Waals surface area contributed by atoms with Crippen molar-refractivity contribution in [2.24, 2.45) is 0 Å². The Bertz CT molecular complexity index is 155. The van der Waals surface area contributed by atoms with Crippen LogP contribution in [0.15, 0.2) is 0 Å². The van der Waals surface area contributed by atoms with E-state index in [1.165, 1.54) is 38.5 Å². The number of unbranched alkanes of at least 4 members (excludes halogenated alkanes) is 4. The van der Waals surface area contributed by atoms with E-state index in [0.29, 0.717) is 0 Å². The van der Waals surface area contributed by atoms with E-state index in [2.05, 4.69) is 13.8 Å². The van der Waals surface area contributed by atoms with Crippen molar-refractivity contribution in [1.29, 1.82) is 0 Å². The van der Waals surface area contributed by atoms with Gasteiger partial charge in [0.2, 0.25) is 0 Å². The molecule has 0 radical (unpaired) electrons. The van der Waals surface area contributed by atoms with Crippen molar-refractivity contribution >= 4 is 34.8 Å². The lowest BCUT2D eigenvalue weighted by molar-refractivity contribution is 0.556. The van der Waals surface area contributed by atoms with Crippen LogP contribution in [-0.4, -0.2) is 16.1 Å². The van der Waals surface area contributed by atoms with Gasteiger partial charge in [-0.05, 0) is 25.7 Å². The fourth-order valence-corrected chi connectivity index (χ4v) is 3.47. The Kier molecular flexibility index (Phi) is 13.5. The Morgan fingerprint density at radius 2 is 1.00 bits per heavy atom. The molecular formula is C15H29Cl3. The Balaban J connectivity index is 3.58. The van der Waals surface area contributed by atoms with E-state index in [9.17, 15) is 0 Å². The van der Waals surface area contributed by atoms with Crippen LogP contribution < -0.4 is 0 Å². The number of alkyl halides is 3. The van der Waals surface area contributed by atoms with E-state index in [1.807, 2.05) is 0 Å². The lowest BCUT2D eigenvalue weighted by Crippen LogP contribution is -2.14. The van der Waals surface area contributed by atoms with Crippen LogP contribution in [-0.2, 0) is 0 Å². The van der Waals surface area contributed by atoms with Gasteiger partial charge in [-0.15, -0.1) is 34.8 Å². The summed E-state index contributed by atoms with van der Waals surface area (Å²) in [7, 11) is 0. The molecule has 0 aromatic heterocycles. The molecule has 0 aliphatic rings. The molecule has 0 heterocycles. The van der Waals surface area contributed by atoms with Crippen LogP contribution in [0.1, 0.15) is 78.1 Å². The van der Waals surface area contributed by atoms with E-state index < -0.39 is 0 Å². The summed E-state index contributed by atoms with van der Waals surface area (Å²) in [6, 6.07) is 0. The lowest BCUT2D eigenvalue weighted by atomic mass is 10.0. The van der Waals surface area contributed by atoms with Crippen LogP contribution in [0.4, 0.5) is 0 Å². The fraction of sp³-hybridized carbons (Fsp3) is 1.00. The minimum atomic E-state index is 0.137. The fourth-order valence-electron chi connectivity index (χ4n) is 2.12. The summed E-state index contributed by atoms with van der Waals surface area (Å²) in [5.74, 6) is 0. The smallest absolute Gasteiger partial charge is 0.0364 e. The van der Waals surface area contributed by atoms with Crippen LogP contribution in [0.2, 0.25) is 0 Å². The molecule has 0 spiro atoms. The van der Waals surface area contributed by atoms with Crippen molar-refractivity contribution in [1.82, 2.24) is 0 Å². The van der Waals surface area contributed by atoms with E-state index in [0.717, 1.165) is 25.7 Å². The second-order valence-electron chi connectivity index (χ2n) is 5.25. The third-order valence-electron chi connectivity index (χ3n) is 3.26. The van der Waals surface area contributed by atoms with E-state index in [4.69, 9.17) is 34.8 Å². The molecule has 0 aliphatic carbocycles. The summed E-state index contributed by atoms with van der Waals surface area (Å²) < 4.78 is 0. The molecule has 0 aliphatic heterocycles. The van der Waals surface area contributed by atoms with Crippen LogP contribution in [0.3, 0.4) is 0 Å². The summed E-state index contributed by atoms with van der Waals surface area (Å²) in [5, 5.41) is 0.579. The quantitative estimate of drug-likeness (QED) is 0.276. The molecular weight excluding hydrogens is 287 g/mol. The van der Waals surface area contributed by atoms with Gasteiger partial charge in [0.05, 0.1) is 0 Å². The first-order chi connectivity index (χ1) is 8.60. The van der Waals surface area contributed by atoms with Gasteiger partial charge in [0.1, 0.15) is 0 Å². The zero-order valence-electron chi connectivity index (χ0n) is 11.9. The van der Waals surface area contributed by atoms with Gasteiger partial charge in [-0.25, -0.2) is 0 Å². The summed E-state index contributed by atoms with van der Waals surface area (Å²) in [5.41, 5.74) is 0. The van der Waals surface area contributed by atoms with Crippen molar-refractivity contribution < 1.29 is 0 Å². The van der Waals surface area contributed by atoms with E-state index in [1.54, 1.807) is 0 Å². The van der Waals surface area contributed by atoms with Crippen molar-refractivity contribution in [2.75, 3.05) is 0 Å². The highest BCUT2D eigenvalue weighted by atomic mass is 35.5. The molecule has 110 valence electrons. The maximum Gasteiger partial charge on any atom is 0.0364 e. The first-order valence-electron chi connectivity index (χ1n) is 7.52. The molecule has 0 fully saturated rings. The van der Waals surface area contributed by atoms with Gasteiger partial charge in [-0.2, -0.15) is 0 Å². The average Bonchev–Trinajstić information content (AvgIpc) is 2.29. The Morgan fingerprint density at radius 3 is 1.33 bits per heavy atom. The van der Waals surface area contributed by atoms with Gasteiger partial charge >= 0.3 is 0 Å². The van der Waals surface area contributed by atoms with Crippen molar-refractivity contribution in [2.45, 2.75) is 94.2 Å². The van der Waals surface area contributed by atoms with Crippen LogP contribution in [0.5, 0.6) is 0 Å². The maximum absolute atomic E-state index is 6.33. The number of rotatable bonds is 12. The van der Waals surface area contributed by atoms with E-state index >= 15 is 0 Å². The normalized spacial score (nSPS) is 16.5. The molecule has 2 unspecified atom stereocenters. The molecule has 0 nitrogen and oxygen atoms in total. The number of hydrogen-bond donors (Lipinski definition) is 0. The highest BCUT2D eigenvalue weighted by molar-refractivity contribution is 6.24. The Morgan fingerprint density at radius 1 is 0.611 bits per heavy atom. The highest BCUT2D eigenvalue weighted by Gasteiger charge is 2.16. The highest BCUT2D eigenvalue weighted by Crippen LogP contribution is 2.24. The number of halogens is 3. The van der Waals surface area contributed by atoms with Gasteiger partial charge < -0.3 is 0 Å². The maximum atomic E-state index is 6.33. The first kappa shape index (κ1) is 18.9. The Labute approximate surface area is 129 Å². The van der Waals surface area contributed by atoms with Gasteiger partial charge in [0.15, 0.2) is 0 Å². The molecule has 0 saturated carbocycles. The second-order valence-corrected chi connectivity index (χ2v) is 7.11. The minimum absolute atomic E-state index is 0.137. The molecule has 0 rings (SSSR count). The van der Waals surface area contributed by atoms with Crippen molar-refractivity contribution in [3.05, 3.63) is 0 Å². The Hall–Kier alpha value is 0.870.